The van der Waals surface area contributed by atoms with Crippen LogP contribution in [0.5, 0.6) is 5.75 Å². The van der Waals surface area contributed by atoms with Crippen LogP contribution in [-0.4, -0.2) is 26.6 Å². The Balaban J connectivity index is 0.000000459. The summed E-state index contributed by atoms with van der Waals surface area (Å²) in [6.07, 6.45) is 12.6. The Hall–Kier alpha value is -3.25. The molecule has 6 heteroatoms. The van der Waals surface area contributed by atoms with Crippen molar-refractivity contribution in [2.45, 2.75) is 46.0 Å². The number of nitrogens with zero attached hydrogens (tertiary/aromatic N) is 4. The van der Waals surface area contributed by atoms with Crippen molar-refractivity contribution in [2.75, 3.05) is 7.11 Å². The lowest BCUT2D eigenvalue weighted by Crippen LogP contribution is -2.00. The second-order valence-electron chi connectivity index (χ2n) is 8.24. The smallest absolute Gasteiger partial charge is 0.144 e. The fourth-order valence-electron chi connectivity index (χ4n) is 4.09. The molecule has 0 spiro atoms. The van der Waals surface area contributed by atoms with Crippen molar-refractivity contribution in [1.29, 1.82) is 0 Å². The molecule has 0 N–H and O–H groups in total. The van der Waals surface area contributed by atoms with Crippen LogP contribution in [0.3, 0.4) is 0 Å². The lowest BCUT2D eigenvalue weighted by atomic mass is 10.1. The second kappa shape index (κ2) is 10.6. The summed E-state index contributed by atoms with van der Waals surface area (Å²) in [6, 6.07) is 10.2. The highest BCUT2D eigenvalue weighted by molar-refractivity contribution is 7.13. The maximum Gasteiger partial charge on any atom is 0.144 e. The molecule has 1 aromatic carbocycles. The van der Waals surface area contributed by atoms with Crippen LogP contribution in [0, 0.1) is 6.92 Å². The molecule has 1 aliphatic carbocycles. The number of methoxy groups -OCH3 is 1. The van der Waals surface area contributed by atoms with Crippen molar-refractivity contribution in [3.63, 3.8) is 0 Å². The highest BCUT2D eigenvalue weighted by Crippen LogP contribution is 2.34. The molecule has 0 atom stereocenters. The normalized spacial score (nSPS) is 12.8. The van der Waals surface area contributed by atoms with Crippen LogP contribution < -0.4 is 4.74 Å². The van der Waals surface area contributed by atoms with Gasteiger partial charge in [0.05, 0.1) is 24.7 Å². The first-order valence-electron chi connectivity index (χ1n) is 11.3. The summed E-state index contributed by atoms with van der Waals surface area (Å²) in [4.78, 5) is 13.3. The molecular weight excluding hydrogens is 428 g/mol. The minimum atomic E-state index is 0.776. The fraction of sp³-hybridized carbons (Fsp3) is 0.296. The van der Waals surface area contributed by atoms with Crippen LogP contribution in [0.25, 0.3) is 33.3 Å². The fourth-order valence-corrected chi connectivity index (χ4v) is 4.87. The number of rotatable bonds is 5. The van der Waals surface area contributed by atoms with Crippen molar-refractivity contribution < 1.29 is 4.74 Å². The Morgan fingerprint density at radius 1 is 1.03 bits per heavy atom. The standard InChI is InChI=1S/C22H20N4OS.C5H10/c1-14(2)18-11-21(20-13-28-22(25-20)19-12-23-9-10-24-19)26(15(18)3)16-5-7-17(27-4)8-6-16;1-2-4-5-3-1/h5-13H,1H2,2-4H3;1-5H2. The van der Waals surface area contributed by atoms with E-state index in [1.165, 1.54) is 32.1 Å². The molecule has 3 aromatic heterocycles. The van der Waals surface area contributed by atoms with Crippen LogP contribution in [0.1, 0.15) is 50.3 Å². The van der Waals surface area contributed by atoms with Crippen LogP contribution in [-0.2, 0) is 0 Å². The van der Waals surface area contributed by atoms with E-state index in [9.17, 15) is 0 Å². The van der Waals surface area contributed by atoms with Crippen molar-refractivity contribution >= 4 is 16.9 Å². The van der Waals surface area contributed by atoms with Gasteiger partial charge >= 0.3 is 0 Å². The maximum atomic E-state index is 5.30. The van der Waals surface area contributed by atoms with E-state index in [1.54, 1.807) is 37.0 Å². The Labute approximate surface area is 199 Å². The van der Waals surface area contributed by atoms with Gasteiger partial charge in [-0.15, -0.1) is 11.3 Å². The first-order valence-corrected chi connectivity index (χ1v) is 12.2. The summed E-state index contributed by atoms with van der Waals surface area (Å²) in [7, 11) is 1.67. The first-order chi connectivity index (χ1) is 16.1. The molecule has 0 aliphatic heterocycles. The molecular formula is C27H30N4OS. The second-order valence-corrected chi connectivity index (χ2v) is 9.10. The van der Waals surface area contributed by atoms with Gasteiger partial charge < -0.3 is 9.30 Å². The van der Waals surface area contributed by atoms with E-state index >= 15 is 0 Å². The van der Waals surface area contributed by atoms with Crippen LogP contribution in [0.2, 0.25) is 0 Å². The molecule has 0 saturated heterocycles. The molecule has 5 nitrogen and oxygen atoms in total. The summed E-state index contributed by atoms with van der Waals surface area (Å²) in [5.74, 6) is 0.828. The van der Waals surface area contributed by atoms with Gasteiger partial charge in [-0.25, -0.2) is 4.98 Å². The number of thiazole rings is 1. The SMILES string of the molecule is C1CCCC1.C=C(C)c1cc(-c2csc(-c3cnccn3)n2)n(-c2ccc(OC)cc2)c1C. The molecule has 33 heavy (non-hydrogen) atoms. The number of benzene rings is 1. The van der Waals surface area contributed by atoms with Gasteiger partial charge in [0, 0.05) is 29.2 Å². The zero-order valence-electron chi connectivity index (χ0n) is 19.5. The third-order valence-electron chi connectivity index (χ3n) is 5.84. The maximum absolute atomic E-state index is 5.30. The van der Waals surface area contributed by atoms with Gasteiger partial charge in [0.25, 0.3) is 0 Å². The predicted octanol–water partition coefficient (Wildman–Crippen LogP) is 7.36. The summed E-state index contributed by atoms with van der Waals surface area (Å²) in [5.41, 5.74) is 7.02. The van der Waals surface area contributed by atoms with Crippen molar-refractivity contribution in [1.82, 2.24) is 19.5 Å². The minimum absolute atomic E-state index is 0.776. The minimum Gasteiger partial charge on any atom is -0.497 e. The van der Waals surface area contributed by atoms with E-state index in [0.29, 0.717) is 0 Å². The summed E-state index contributed by atoms with van der Waals surface area (Å²) >= 11 is 1.56. The van der Waals surface area contributed by atoms with Crippen LogP contribution >= 0.6 is 11.3 Å². The molecule has 3 heterocycles. The van der Waals surface area contributed by atoms with E-state index in [4.69, 9.17) is 9.72 Å². The number of ether oxygens (including phenoxy) is 1. The van der Waals surface area contributed by atoms with Gasteiger partial charge in [-0.3, -0.25) is 9.97 Å². The number of aromatic nitrogens is 4. The Bertz CT molecular complexity index is 1200. The Morgan fingerprint density at radius 3 is 2.30 bits per heavy atom. The summed E-state index contributed by atoms with van der Waals surface area (Å²) < 4.78 is 7.51. The Morgan fingerprint density at radius 2 is 1.73 bits per heavy atom. The van der Waals surface area contributed by atoms with E-state index in [2.05, 4.69) is 39.5 Å². The van der Waals surface area contributed by atoms with Crippen molar-refractivity contribution in [2.24, 2.45) is 0 Å². The quantitative estimate of drug-likeness (QED) is 0.313. The molecule has 5 rings (SSSR count). The molecule has 0 amide bonds. The molecule has 0 unspecified atom stereocenters. The monoisotopic (exact) mass is 458 g/mol. The number of allylic oxidation sites excluding steroid dienone is 1. The average Bonchev–Trinajstić information content (AvgIpc) is 3.61. The predicted molar refractivity (Wildman–Crippen MR) is 137 cm³/mol. The largest absolute Gasteiger partial charge is 0.497 e. The topological polar surface area (TPSA) is 52.8 Å². The molecule has 0 bridgehead atoms. The van der Waals surface area contributed by atoms with Crippen molar-refractivity contribution in [3.05, 3.63) is 72.1 Å². The Kier molecular flexibility index (Phi) is 7.35. The lowest BCUT2D eigenvalue weighted by molar-refractivity contribution is 0.414. The number of hydrogen-bond donors (Lipinski definition) is 0. The molecule has 170 valence electrons. The third-order valence-corrected chi connectivity index (χ3v) is 6.70. The molecule has 1 aliphatic rings. The molecule has 0 radical (unpaired) electrons. The van der Waals surface area contributed by atoms with Gasteiger partial charge in [0.15, 0.2) is 0 Å². The van der Waals surface area contributed by atoms with E-state index in [0.717, 1.165) is 50.4 Å². The summed E-state index contributed by atoms with van der Waals surface area (Å²) in [5, 5.41) is 2.90. The molecule has 4 aromatic rings. The number of hydrogen-bond acceptors (Lipinski definition) is 5. The highest BCUT2D eigenvalue weighted by Gasteiger charge is 2.18. The van der Waals surface area contributed by atoms with Crippen LogP contribution in [0.15, 0.2) is 60.9 Å². The van der Waals surface area contributed by atoms with Gasteiger partial charge in [0.1, 0.15) is 16.5 Å². The zero-order chi connectivity index (χ0) is 23.2. The van der Waals surface area contributed by atoms with E-state index < -0.39 is 0 Å². The van der Waals surface area contributed by atoms with Crippen molar-refractivity contribution in [3.8, 4) is 33.5 Å². The average molecular weight is 459 g/mol. The lowest BCUT2D eigenvalue weighted by Gasteiger charge is -2.12. The molecule has 1 fully saturated rings. The van der Waals surface area contributed by atoms with Gasteiger partial charge in [-0.1, -0.05) is 38.7 Å². The van der Waals surface area contributed by atoms with Crippen LogP contribution in [0.4, 0.5) is 0 Å². The molecule has 1 saturated carbocycles. The zero-order valence-corrected chi connectivity index (χ0v) is 20.4. The summed E-state index contributed by atoms with van der Waals surface area (Å²) in [6.45, 7) is 8.27. The van der Waals surface area contributed by atoms with E-state index in [-0.39, 0.29) is 0 Å². The first kappa shape index (κ1) is 22.9. The van der Waals surface area contributed by atoms with Gasteiger partial charge in [-0.05, 0) is 55.3 Å². The van der Waals surface area contributed by atoms with E-state index in [1.807, 2.05) is 31.2 Å². The van der Waals surface area contributed by atoms with Gasteiger partial charge in [0.2, 0.25) is 0 Å². The highest BCUT2D eigenvalue weighted by atomic mass is 32.1. The third kappa shape index (κ3) is 5.22. The van der Waals surface area contributed by atoms with Gasteiger partial charge in [-0.2, -0.15) is 0 Å².